The number of nitrogens with one attached hydrogen (secondary N) is 1. The van der Waals surface area contributed by atoms with Gasteiger partial charge in [-0.05, 0) is 43.2 Å². The Balaban J connectivity index is 1.76. The predicted molar refractivity (Wildman–Crippen MR) is 118 cm³/mol. The topological polar surface area (TPSA) is 106 Å². The first kappa shape index (κ1) is 22.9. The van der Waals surface area contributed by atoms with E-state index in [4.69, 9.17) is 0 Å². The van der Waals surface area contributed by atoms with Crippen LogP contribution >= 0.6 is 0 Å². The van der Waals surface area contributed by atoms with Crippen molar-refractivity contribution in [2.24, 2.45) is 5.41 Å². The molecule has 3 rings (SSSR count). The zero-order valence-corrected chi connectivity index (χ0v) is 18.7. The van der Waals surface area contributed by atoms with Gasteiger partial charge in [-0.3, -0.25) is 14.4 Å². The molecular formula is C22H27N3O5S. The second kappa shape index (κ2) is 8.76. The summed E-state index contributed by atoms with van der Waals surface area (Å²) in [5.74, 6) is -0.485. The summed E-state index contributed by atoms with van der Waals surface area (Å²) in [5, 5.41) is 2.78. The molecule has 0 unspecified atom stereocenters. The van der Waals surface area contributed by atoms with Crippen LogP contribution in [-0.4, -0.2) is 42.1 Å². The molecule has 1 amide bonds. The Morgan fingerprint density at radius 3 is 2.19 bits per heavy atom. The van der Waals surface area contributed by atoms with E-state index in [1.54, 1.807) is 45.0 Å². The highest BCUT2D eigenvalue weighted by Gasteiger charge is 2.28. The number of sulfonamides is 1. The van der Waals surface area contributed by atoms with Crippen molar-refractivity contribution in [3.05, 3.63) is 58.5 Å². The number of aromatic nitrogens is 1. The lowest BCUT2D eigenvalue weighted by Crippen LogP contribution is -2.30. The average Bonchev–Trinajstić information content (AvgIpc) is 3.25. The lowest BCUT2D eigenvalue weighted by atomic mass is 9.95. The molecule has 0 spiro atoms. The van der Waals surface area contributed by atoms with Gasteiger partial charge in [0.15, 0.2) is 5.78 Å². The van der Waals surface area contributed by atoms with E-state index in [9.17, 15) is 22.8 Å². The van der Waals surface area contributed by atoms with Gasteiger partial charge in [0.05, 0.1) is 11.4 Å². The van der Waals surface area contributed by atoms with Crippen molar-refractivity contribution >= 4 is 27.4 Å². The molecular weight excluding hydrogens is 418 g/mol. The van der Waals surface area contributed by atoms with Crippen molar-refractivity contribution in [2.75, 3.05) is 18.4 Å². The van der Waals surface area contributed by atoms with Gasteiger partial charge in [0.25, 0.3) is 5.56 Å². The number of ketones is 1. The highest BCUT2D eigenvalue weighted by Crippen LogP contribution is 2.20. The molecule has 2 heterocycles. The summed E-state index contributed by atoms with van der Waals surface area (Å²) in [4.78, 5) is 37.0. The first-order valence-electron chi connectivity index (χ1n) is 10.1. The molecule has 31 heavy (non-hydrogen) atoms. The number of carbonyl (C=O) groups excluding carboxylic acids is 2. The minimum Gasteiger partial charge on any atom is -0.326 e. The SMILES string of the molecule is CC(C)(C)C(=O)Nc1ccc(C(=O)Cn2cc(S(=O)(=O)N3CCCC3)ccc2=O)cc1. The van der Waals surface area contributed by atoms with Crippen LogP contribution in [-0.2, 0) is 21.4 Å². The van der Waals surface area contributed by atoms with Crippen LogP contribution in [0.5, 0.6) is 0 Å². The van der Waals surface area contributed by atoms with Crippen LogP contribution in [0.25, 0.3) is 0 Å². The lowest BCUT2D eigenvalue weighted by Gasteiger charge is -2.17. The number of Topliss-reactive ketones (excluding diaryl/α,β-unsaturated/α-hetero) is 1. The van der Waals surface area contributed by atoms with Gasteiger partial charge in [-0.25, -0.2) is 8.42 Å². The van der Waals surface area contributed by atoms with Gasteiger partial charge in [0.1, 0.15) is 0 Å². The molecule has 1 aliphatic rings. The molecule has 1 N–H and O–H groups in total. The number of pyridine rings is 1. The number of amides is 1. The molecule has 1 aromatic heterocycles. The summed E-state index contributed by atoms with van der Waals surface area (Å²) in [6.45, 7) is 6.04. The standard InChI is InChI=1S/C22H27N3O5S/c1-22(2,3)21(28)23-17-8-6-16(7-9-17)19(26)15-24-14-18(10-11-20(24)27)31(29,30)25-12-4-5-13-25/h6-11,14H,4-5,12-13,15H2,1-3H3,(H,23,28). The van der Waals surface area contributed by atoms with Crippen molar-refractivity contribution in [1.82, 2.24) is 8.87 Å². The van der Waals surface area contributed by atoms with Gasteiger partial charge >= 0.3 is 0 Å². The first-order chi connectivity index (χ1) is 14.5. The molecule has 9 heteroatoms. The van der Waals surface area contributed by atoms with Crippen LogP contribution in [0.15, 0.2) is 52.3 Å². The summed E-state index contributed by atoms with van der Waals surface area (Å²) >= 11 is 0. The second-order valence-corrected chi connectivity index (χ2v) is 10.6. The van der Waals surface area contributed by atoms with Gasteiger partial charge in [-0.1, -0.05) is 20.8 Å². The number of anilines is 1. The lowest BCUT2D eigenvalue weighted by molar-refractivity contribution is -0.123. The van der Waals surface area contributed by atoms with E-state index in [2.05, 4.69) is 5.32 Å². The predicted octanol–water partition coefficient (Wildman–Crippen LogP) is 2.50. The van der Waals surface area contributed by atoms with Gasteiger partial charge < -0.3 is 9.88 Å². The monoisotopic (exact) mass is 445 g/mol. The van der Waals surface area contributed by atoms with E-state index >= 15 is 0 Å². The van der Waals surface area contributed by atoms with Gasteiger partial charge in [0.2, 0.25) is 15.9 Å². The maximum Gasteiger partial charge on any atom is 0.251 e. The molecule has 1 aromatic carbocycles. The fraction of sp³-hybridized carbons (Fsp3) is 0.409. The molecule has 0 aliphatic carbocycles. The summed E-state index contributed by atoms with van der Waals surface area (Å²) in [5.41, 5.74) is -0.0839. The summed E-state index contributed by atoms with van der Waals surface area (Å²) in [6, 6.07) is 8.82. The summed E-state index contributed by atoms with van der Waals surface area (Å²) in [6.07, 6.45) is 2.85. The zero-order valence-electron chi connectivity index (χ0n) is 17.9. The summed E-state index contributed by atoms with van der Waals surface area (Å²) in [7, 11) is -3.69. The Morgan fingerprint density at radius 1 is 1.00 bits per heavy atom. The Bertz CT molecular complexity index is 1140. The quantitative estimate of drug-likeness (QED) is 0.688. The minimum absolute atomic E-state index is 0.00189. The maximum absolute atomic E-state index is 12.7. The third-order valence-electron chi connectivity index (χ3n) is 5.12. The van der Waals surface area contributed by atoms with E-state index < -0.39 is 21.0 Å². The Hall–Kier alpha value is -2.78. The van der Waals surface area contributed by atoms with E-state index in [0.717, 1.165) is 17.4 Å². The van der Waals surface area contributed by atoms with Crippen molar-refractivity contribution in [3.8, 4) is 0 Å². The molecule has 0 atom stereocenters. The smallest absolute Gasteiger partial charge is 0.251 e. The Morgan fingerprint density at radius 2 is 1.61 bits per heavy atom. The van der Waals surface area contributed by atoms with E-state index in [-0.39, 0.29) is 23.1 Å². The normalized spacial score (nSPS) is 15.1. The van der Waals surface area contributed by atoms with Crippen LogP contribution in [0.3, 0.4) is 0 Å². The highest BCUT2D eigenvalue weighted by molar-refractivity contribution is 7.89. The molecule has 1 aliphatic heterocycles. The van der Waals surface area contributed by atoms with Crippen LogP contribution in [0.2, 0.25) is 0 Å². The largest absolute Gasteiger partial charge is 0.326 e. The van der Waals surface area contributed by atoms with Gasteiger partial charge in [-0.2, -0.15) is 4.31 Å². The molecule has 166 valence electrons. The van der Waals surface area contributed by atoms with E-state index in [1.807, 2.05) is 0 Å². The van der Waals surface area contributed by atoms with Gasteiger partial charge in [0, 0.05) is 42.0 Å². The fourth-order valence-corrected chi connectivity index (χ4v) is 4.70. The van der Waals surface area contributed by atoms with Crippen molar-refractivity contribution in [2.45, 2.75) is 45.1 Å². The Labute approximate surface area is 181 Å². The summed E-state index contributed by atoms with van der Waals surface area (Å²) < 4.78 is 28.0. The molecule has 1 fully saturated rings. The second-order valence-electron chi connectivity index (χ2n) is 8.65. The number of nitrogens with zero attached hydrogens (tertiary/aromatic N) is 2. The van der Waals surface area contributed by atoms with Gasteiger partial charge in [-0.15, -0.1) is 0 Å². The number of hydrogen-bond acceptors (Lipinski definition) is 5. The highest BCUT2D eigenvalue weighted by atomic mass is 32.2. The zero-order chi connectivity index (χ0) is 22.8. The number of carbonyl (C=O) groups is 2. The first-order valence-corrected chi connectivity index (χ1v) is 11.6. The molecule has 0 radical (unpaired) electrons. The van der Waals surface area contributed by atoms with Crippen LogP contribution in [0.1, 0.15) is 44.0 Å². The van der Waals surface area contributed by atoms with Crippen molar-refractivity contribution < 1.29 is 18.0 Å². The molecule has 0 bridgehead atoms. The van der Waals surface area contributed by atoms with Crippen LogP contribution in [0, 0.1) is 5.41 Å². The van der Waals surface area contributed by atoms with E-state index in [1.165, 1.54) is 22.6 Å². The molecule has 8 nitrogen and oxygen atoms in total. The number of hydrogen-bond donors (Lipinski definition) is 1. The minimum atomic E-state index is -3.69. The molecule has 0 saturated carbocycles. The van der Waals surface area contributed by atoms with Crippen LogP contribution in [0.4, 0.5) is 5.69 Å². The number of rotatable bonds is 6. The van der Waals surface area contributed by atoms with Crippen molar-refractivity contribution in [1.29, 1.82) is 0 Å². The maximum atomic E-state index is 12.7. The average molecular weight is 446 g/mol. The van der Waals surface area contributed by atoms with Crippen molar-refractivity contribution in [3.63, 3.8) is 0 Å². The van der Waals surface area contributed by atoms with E-state index in [0.29, 0.717) is 24.3 Å². The molecule has 2 aromatic rings. The molecule has 1 saturated heterocycles. The fourth-order valence-electron chi connectivity index (χ4n) is 3.17. The Kier molecular flexibility index (Phi) is 6.47. The third-order valence-corrected chi connectivity index (χ3v) is 7.00. The van der Waals surface area contributed by atoms with Crippen LogP contribution < -0.4 is 10.9 Å². The third kappa shape index (κ3) is 5.29. The number of benzene rings is 1.